The summed E-state index contributed by atoms with van der Waals surface area (Å²) >= 11 is 1.57. The molecule has 1 aliphatic carbocycles. The van der Waals surface area contributed by atoms with Crippen LogP contribution in [-0.2, 0) is 11.3 Å². The third-order valence-electron chi connectivity index (χ3n) is 3.46. The lowest BCUT2D eigenvalue weighted by Crippen LogP contribution is -2.12. The minimum absolute atomic E-state index is 0.0780. The highest BCUT2D eigenvalue weighted by Gasteiger charge is 2.29. The summed E-state index contributed by atoms with van der Waals surface area (Å²) in [7, 11) is 0. The van der Waals surface area contributed by atoms with Crippen molar-refractivity contribution in [1.29, 1.82) is 0 Å². The summed E-state index contributed by atoms with van der Waals surface area (Å²) in [6, 6.07) is 1.70. The average molecular weight is 321 g/mol. The number of anilines is 1. The number of amides is 1. The highest BCUT2D eigenvalue weighted by Crippen LogP contribution is 2.39. The van der Waals surface area contributed by atoms with E-state index in [-0.39, 0.29) is 5.91 Å². The summed E-state index contributed by atoms with van der Waals surface area (Å²) in [6.07, 6.45) is 2.82. The summed E-state index contributed by atoms with van der Waals surface area (Å²) in [5.41, 5.74) is 0. The number of carbonyl (C=O) groups excluding carboxylic acids is 1. The standard InChI is InChI=1S/C14H19N5O2S/c1-3-19-13(10-4-5-10)16-17-14(19)22-7-6-12(20)15-11-8-9(2)21-18-11/h8,10H,3-7H2,1-2H3,(H,15,18,20). The van der Waals surface area contributed by atoms with Crippen molar-refractivity contribution in [2.24, 2.45) is 0 Å². The Kier molecular flexibility index (Phi) is 4.47. The number of hydrogen-bond donors (Lipinski definition) is 1. The van der Waals surface area contributed by atoms with Crippen LogP contribution in [-0.4, -0.2) is 31.6 Å². The third kappa shape index (κ3) is 3.49. The lowest BCUT2D eigenvalue weighted by molar-refractivity contribution is -0.115. The SMILES string of the molecule is CCn1c(SCCC(=O)Nc2cc(C)on2)nnc1C1CC1. The smallest absolute Gasteiger partial charge is 0.226 e. The molecule has 1 fully saturated rings. The van der Waals surface area contributed by atoms with Crippen molar-refractivity contribution in [1.82, 2.24) is 19.9 Å². The van der Waals surface area contributed by atoms with Gasteiger partial charge >= 0.3 is 0 Å². The fraction of sp³-hybridized carbons (Fsp3) is 0.571. The second-order valence-corrected chi connectivity index (χ2v) is 6.39. The third-order valence-corrected chi connectivity index (χ3v) is 4.43. The van der Waals surface area contributed by atoms with Crippen LogP contribution in [0.4, 0.5) is 5.82 Å². The molecule has 1 N–H and O–H groups in total. The minimum Gasteiger partial charge on any atom is -0.360 e. The molecule has 2 aromatic rings. The Morgan fingerprint density at radius 3 is 2.95 bits per heavy atom. The van der Waals surface area contributed by atoms with E-state index in [9.17, 15) is 4.79 Å². The van der Waals surface area contributed by atoms with Crippen LogP contribution in [0.1, 0.15) is 43.7 Å². The van der Waals surface area contributed by atoms with Crippen molar-refractivity contribution in [2.75, 3.05) is 11.1 Å². The first kappa shape index (κ1) is 15.1. The van der Waals surface area contributed by atoms with Crippen LogP contribution < -0.4 is 5.32 Å². The Morgan fingerprint density at radius 1 is 1.50 bits per heavy atom. The van der Waals surface area contributed by atoms with Crippen LogP contribution in [0, 0.1) is 6.92 Å². The van der Waals surface area contributed by atoms with E-state index in [1.54, 1.807) is 24.8 Å². The number of carbonyl (C=O) groups is 1. The lowest BCUT2D eigenvalue weighted by atomic mass is 10.4. The first-order valence-corrected chi connectivity index (χ1v) is 8.45. The van der Waals surface area contributed by atoms with E-state index < -0.39 is 0 Å². The largest absolute Gasteiger partial charge is 0.360 e. The van der Waals surface area contributed by atoms with Crippen molar-refractivity contribution in [3.63, 3.8) is 0 Å². The zero-order valence-corrected chi connectivity index (χ0v) is 13.5. The van der Waals surface area contributed by atoms with Gasteiger partial charge in [0, 0.05) is 30.7 Å². The van der Waals surface area contributed by atoms with Crippen molar-refractivity contribution in [3.05, 3.63) is 17.7 Å². The molecule has 3 rings (SSSR count). The number of aryl methyl sites for hydroxylation is 1. The van der Waals surface area contributed by atoms with Crippen molar-refractivity contribution >= 4 is 23.5 Å². The zero-order valence-electron chi connectivity index (χ0n) is 12.7. The summed E-state index contributed by atoms with van der Waals surface area (Å²) < 4.78 is 7.06. The van der Waals surface area contributed by atoms with Gasteiger partial charge in [-0.1, -0.05) is 16.9 Å². The molecule has 0 spiro atoms. The number of hydrogen-bond acceptors (Lipinski definition) is 6. The molecule has 7 nitrogen and oxygen atoms in total. The van der Waals surface area contributed by atoms with Gasteiger partial charge in [0.15, 0.2) is 11.0 Å². The van der Waals surface area contributed by atoms with Crippen LogP contribution in [0.2, 0.25) is 0 Å². The molecule has 8 heteroatoms. The summed E-state index contributed by atoms with van der Waals surface area (Å²) in [6.45, 7) is 4.75. The number of nitrogens with one attached hydrogen (secondary N) is 1. The van der Waals surface area contributed by atoms with E-state index in [0.717, 1.165) is 17.5 Å². The lowest BCUT2D eigenvalue weighted by Gasteiger charge is -2.06. The molecular formula is C14H19N5O2S. The number of nitrogens with zero attached hydrogens (tertiary/aromatic N) is 4. The van der Waals surface area contributed by atoms with Gasteiger partial charge in [0.05, 0.1) is 0 Å². The van der Waals surface area contributed by atoms with Gasteiger partial charge < -0.3 is 14.4 Å². The van der Waals surface area contributed by atoms with Gasteiger partial charge in [-0.2, -0.15) is 0 Å². The Bertz CT molecular complexity index is 662. The maximum Gasteiger partial charge on any atom is 0.226 e. The molecule has 0 radical (unpaired) electrons. The van der Waals surface area contributed by atoms with Crippen LogP contribution in [0.5, 0.6) is 0 Å². The Labute approximate surface area is 132 Å². The maximum absolute atomic E-state index is 11.8. The van der Waals surface area contributed by atoms with E-state index in [4.69, 9.17) is 4.52 Å². The fourth-order valence-corrected chi connectivity index (χ4v) is 3.16. The monoisotopic (exact) mass is 321 g/mol. The number of rotatable bonds is 7. The number of aromatic nitrogens is 4. The highest BCUT2D eigenvalue weighted by molar-refractivity contribution is 7.99. The van der Waals surface area contributed by atoms with Crippen LogP contribution >= 0.6 is 11.8 Å². The van der Waals surface area contributed by atoms with E-state index in [2.05, 4.69) is 32.2 Å². The molecule has 0 aliphatic heterocycles. The van der Waals surface area contributed by atoms with Gasteiger partial charge in [0.1, 0.15) is 11.6 Å². The molecule has 0 aromatic carbocycles. The summed E-state index contributed by atoms with van der Waals surface area (Å²) in [5, 5.41) is 15.9. The van der Waals surface area contributed by atoms with E-state index in [1.807, 2.05) is 0 Å². The average Bonchev–Trinajstić information content (AvgIpc) is 3.14. The zero-order chi connectivity index (χ0) is 15.5. The molecule has 1 saturated carbocycles. The van der Waals surface area contributed by atoms with Crippen LogP contribution in [0.25, 0.3) is 0 Å². The molecule has 0 unspecified atom stereocenters. The Hall–Kier alpha value is -1.83. The molecule has 1 amide bonds. The molecule has 1 aliphatic rings. The summed E-state index contributed by atoms with van der Waals surface area (Å²) in [5.74, 6) is 3.39. The molecule has 0 atom stereocenters. The molecule has 2 aromatic heterocycles. The van der Waals surface area contributed by atoms with Crippen molar-refractivity contribution in [2.45, 2.75) is 50.7 Å². The second kappa shape index (κ2) is 6.51. The first-order valence-electron chi connectivity index (χ1n) is 7.46. The molecule has 0 saturated heterocycles. The van der Waals surface area contributed by atoms with Gasteiger partial charge in [-0.15, -0.1) is 10.2 Å². The molecule has 0 bridgehead atoms. The van der Waals surface area contributed by atoms with E-state index >= 15 is 0 Å². The van der Waals surface area contributed by atoms with Gasteiger partial charge in [-0.25, -0.2) is 0 Å². The summed E-state index contributed by atoms with van der Waals surface area (Å²) in [4.78, 5) is 11.8. The molecule has 2 heterocycles. The van der Waals surface area contributed by atoms with Gasteiger partial charge in [0.2, 0.25) is 5.91 Å². The van der Waals surface area contributed by atoms with E-state index in [0.29, 0.717) is 29.7 Å². The quantitative estimate of drug-likeness (QED) is 0.789. The molecule has 118 valence electrons. The second-order valence-electron chi connectivity index (χ2n) is 5.33. The fourth-order valence-electron chi connectivity index (χ4n) is 2.21. The van der Waals surface area contributed by atoms with Gasteiger partial charge in [0.25, 0.3) is 0 Å². The van der Waals surface area contributed by atoms with Crippen LogP contribution in [0.15, 0.2) is 15.7 Å². The first-order chi connectivity index (χ1) is 10.7. The maximum atomic E-state index is 11.8. The predicted molar refractivity (Wildman–Crippen MR) is 82.9 cm³/mol. The van der Waals surface area contributed by atoms with Crippen molar-refractivity contribution < 1.29 is 9.32 Å². The van der Waals surface area contributed by atoms with Gasteiger partial charge in [-0.3, -0.25) is 4.79 Å². The Balaban J connectivity index is 1.49. The molecule has 22 heavy (non-hydrogen) atoms. The highest BCUT2D eigenvalue weighted by atomic mass is 32.2. The van der Waals surface area contributed by atoms with Crippen LogP contribution in [0.3, 0.4) is 0 Å². The Morgan fingerprint density at radius 2 is 2.32 bits per heavy atom. The van der Waals surface area contributed by atoms with Gasteiger partial charge in [-0.05, 0) is 26.7 Å². The topological polar surface area (TPSA) is 85.8 Å². The minimum atomic E-state index is -0.0780. The predicted octanol–water partition coefficient (Wildman–Crippen LogP) is 2.59. The van der Waals surface area contributed by atoms with Crippen molar-refractivity contribution in [3.8, 4) is 0 Å². The van der Waals surface area contributed by atoms with E-state index in [1.165, 1.54) is 12.8 Å². The molecular weight excluding hydrogens is 302 g/mol. The number of thioether (sulfide) groups is 1. The normalized spacial score (nSPS) is 14.3.